The Hall–Kier alpha value is -3.00. The van der Waals surface area contributed by atoms with Gasteiger partial charge in [-0.3, -0.25) is 9.36 Å². The van der Waals surface area contributed by atoms with Gasteiger partial charge in [-0.05, 0) is 43.3 Å². The number of nitrogens with zero attached hydrogens (tertiary/aromatic N) is 3. The second kappa shape index (κ2) is 8.79. The molecule has 0 saturated carbocycles. The molecule has 0 fully saturated rings. The first kappa shape index (κ1) is 19.8. The van der Waals surface area contributed by atoms with Gasteiger partial charge in [-0.25, -0.2) is 0 Å². The van der Waals surface area contributed by atoms with Crippen LogP contribution < -0.4 is 9.47 Å². The molecule has 8 heteroatoms. The number of hydrogen-bond donors (Lipinski definition) is 0. The number of ether oxygens (including phenoxy) is 3. The molecule has 0 spiro atoms. The quantitative estimate of drug-likeness (QED) is 0.444. The van der Waals surface area contributed by atoms with Crippen molar-refractivity contribution in [1.29, 1.82) is 0 Å². The fraction of sp³-hybridized carbons (Fsp3) is 0.250. The van der Waals surface area contributed by atoms with Gasteiger partial charge in [0, 0.05) is 11.3 Å². The van der Waals surface area contributed by atoms with Gasteiger partial charge in [0.15, 0.2) is 11.0 Å². The van der Waals surface area contributed by atoms with E-state index in [2.05, 4.69) is 10.2 Å². The second-order valence-corrected chi connectivity index (χ2v) is 7.16. The minimum Gasteiger partial charge on any atom is -0.497 e. The number of thioether (sulfide) groups is 1. The van der Waals surface area contributed by atoms with Crippen LogP contribution in [-0.2, 0) is 9.53 Å². The molecule has 1 aromatic heterocycles. The summed E-state index contributed by atoms with van der Waals surface area (Å²) in [5, 5.41) is 8.85. The maximum absolute atomic E-state index is 11.9. The summed E-state index contributed by atoms with van der Waals surface area (Å²) in [5.41, 5.74) is 1.70. The fourth-order valence-electron chi connectivity index (χ4n) is 2.63. The van der Waals surface area contributed by atoms with Crippen molar-refractivity contribution in [2.24, 2.45) is 0 Å². The molecule has 3 rings (SSSR count). The average molecular weight is 399 g/mol. The first-order valence-electron chi connectivity index (χ1n) is 8.56. The van der Waals surface area contributed by atoms with Crippen LogP contribution in [0.2, 0.25) is 0 Å². The van der Waals surface area contributed by atoms with Crippen LogP contribution in [-0.4, -0.2) is 47.3 Å². The number of carbonyl (C=O) groups is 1. The van der Waals surface area contributed by atoms with Crippen molar-refractivity contribution in [1.82, 2.24) is 14.8 Å². The molecular formula is C20H21N3O4S. The molecule has 0 saturated heterocycles. The first-order valence-corrected chi connectivity index (χ1v) is 9.44. The zero-order chi connectivity index (χ0) is 20.1. The minimum atomic E-state index is -0.427. The molecule has 0 aliphatic rings. The van der Waals surface area contributed by atoms with Crippen molar-refractivity contribution in [3.63, 3.8) is 0 Å². The van der Waals surface area contributed by atoms with Gasteiger partial charge in [0.2, 0.25) is 0 Å². The van der Waals surface area contributed by atoms with E-state index in [0.29, 0.717) is 11.0 Å². The Kier molecular flexibility index (Phi) is 6.20. The highest BCUT2D eigenvalue weighted by atomic mass is 32.2. The number of esters is 1. The lowest BCUT2D eigenvalue weighted by atomic mass is 10.2. The van der Waals surface area contributed by atoms with Crippen LogP contribution in [0.1, 0.15) is 6.92 Å². The maximum Gasteiger partial charge on any atom is 0.318 e. The standard InChI is InChI=1S/C20H21N3O4S/c1-13(19(24)27-4)28-20-22-21-18(14-6-5-7-17(12-14)26-3)23(20)15-8-10-16(25-2)11-9-15/h5-13H,1-4H3. The summed E-state index contributed by atoms with van der Waals surface area (Å²) in [6, 6.07) is 15.1. The smallest absolute Gasteiger partial charge is 0.318 e. The highest BCUT2D eigenvalue weighted by Crippen LogP contribution is 2.32. The van der Waals surface area contributed by atoms with Gasteiger partial charge in [0.05, 0.1) is 21.3 Å². The second-order valence-electron chi connectivity index (χ2n) is 5.85. The van der Waals surface area contributed by atoms with E-state index in [1.807, 2.05) is 53.1 Å². The lowest BCUT2D eigenvalue weighted by molar-refractivity contribution is -0.139. The summed E-state index contributed by atoms with van der Waals surface area (Å²) >= 11 is 1.29. The molecule has 1 atom stereocenters. The third-order valence-corrected chi connectivity index (χ3v) is 5.13. The summed E-state index contributed by atoms with van der Waals surface area (Å²) in [6.45, 7) is 1.77. The summed E-state index contributed by atoms with van der Waals surface area (Å²) in [7, 11) is 4.61. The molecule has 7 nitrogen and oxygen atoms in total. The molecule has 146 valence electrons. The summed E-state index contributed by atoms with van der Waals surface area (Å²) < 4.78 is 17.3. The van der Waals surface area contributed by atoms with E-state index in [1.54, 1.807) is 21.1 Å². The van der Waals surface area contributed by atoms with Crippen LogP contribution >= 0.6 is 11.8 Å². The molecule has 0 amide bonds. The van der Waals surface area contributed by atoms with E-state index < -0.39 is 5.25 Å². The molecule has 2 aromatic carbocycles. The fourth-order valence-corrected chi connectivity index (χ4v) is 3.53. The van der Waals surface area contributed by atoms with Gasteiger partial charge < -0.3 is 14.2 Å². The van der Waals surface area contributed by atoms with Gasteiger partial charge >= 0.3 is 5.97 Å². The molecule has 0 aliphatic carbocycles. The Bertz CT molecular complexity index is 956. The molecule has 0 aliphatic heterocycles. The lowest BCUT2D eigenvalue weighted by Gasteiger charge is -2.13. The van der Waals surface area contributed by atoms with Crippen molar-refractivity contribution >= 4 is 17.7 Å². The van der Waals surface area contributed by atoms with E-state index in [0.717, 1.165) is 22.7 Å². The highest BCUT2D eigenvalue weighted by molar-refractivity contribution is 8.00. The summed E-state index contributed by atoms with van der Waals surface area (Å²) in [5.74, 6) is 1.79. The summed E-state index contributed by atoms with van der Waals surface area (Å²) in [4.78, 5) is 11.9. The van der Waals surface area contributed by atoms with Crippen LogP contribution in [0.3, 0.4) is 0 Å². The molecule has 0 bridgehead atoms. The molecular weight excluding hydrogens is 378 g/mol. The Labute approximate surface area is 167 Å². The maximum atomic E-state index is 11.9. The normalized spacial score (nSPS) is 11.7. The number of carbonyl (C=O) groups excluding carboxylic acids is 1. The lowest BCUT2D eigenvalue weighted by Crippen LogP contribution is -2.15. The van der Waals surface area contributed by atoms with E-state index in [-0.39, 0.29) is 5.97 Å². The van der Waals surface area contributed by atoms with Crippen LogP contribution in [0.25, 0.3) is 17.1 Å². The molecule has 0 N–H and O–H groups in total. The largest absolute Gasteiger partial charge is 0.497 e. The Morgan fingerprint density at radius 1 is 1.00 bits per heavy atom. The molecule has 3 aromatic rings. The van der Waals surface area contributed by atoms with Crippen molar-refractivity contribution in [2.45, 2.75) is 17.3 Å². The Morgan fingerprint density at radius 2 is 1.71 bits per heavy atom. The van der Waals surface area contributed by atoms with Crippen molar-refractivity contribution in [3.05, 3.63) is 48.5 Å². The Balaban J connectivity index is 2.10. The van der Waals surface area contributed by atoms with E-state index >= 15 is 0 Å². The zero-order valence-electron chi connectivity index (χ0n) is 16.1. The van der Waals surface area contributed by atoms with Crippen LogP contribution in [0.15, 0.2) is 53.7 Å². The van der Waals surface area contributed by atoms with Gasteiger partial charge in [0.25, 0.3) is 0 Å². The van der Waals surface area contributed by atoms with Gasteiger partial charge in [-0.15, -0.1) is 10.2 Å². The number of hydrogen-bond acceptors (Lipinski definition) is 7. The average Bonchev–Trinajstić information content (AvgIpc) is 3.16. The van der Waals surface area contributed by atoms with E-state index in [4.69, 9.17) is 14.2 Å². The van der Waals surface area contributed by atoms with Crippen molar-refractivity contribution in [3.8, 4) is 28.6 Å². The number of aromatic nitrogens is 3. The Morgan fingerprint density at radius 3 is 2.36 bits per heavy atom. The number of benzene rings is 2. The van der Waals surface area contributed by atoms with E-state index in [1.165, 1.54) is 18.9 Å². The predicted molar refractivity (Wildman–Crippen MR) is 107 cm³/mol. The summed E-state index contributed by atoms with van der Waals surface area (Å²) in [6.07, 6.45) is 0. The highest BCUT2D eigenvalue weighted by Gasteiger charge is 2.22. The third-order valence-electron chi connectivity index (χ3n) is 4.11. The van der Waals surface area contributed by atoms with Gasteiger partial charge in [0.1, 0.15) is 16.7 Å². The van der Waals surface area contributed by atoms with Crippen LogP contribution in [0.5, 0.6) is 11.5 Å². The van der Waals surface area contributed by atoms with Gasteiger partial charge in [-0.2, -0.15) is 0 Å². The van der Waals surface area contributed by atoms with Crippen LogP contribution in [0.4, 0.5) is 0 Å². The van der Waals surface area contributed by atoms with E-state index in [9.17, 15) is 4.79 Å². The SMILES string of the molecule is COC(=O)C(C)Sc1nnc(-c2cccc(OC)c2)n1-c1ccc(OC)cc1. The van der Waals surface area contributed by atoms with Gasteiger partial charge in [-0.1, -0.05) is 23.9 Å². The molecule has 1 unspecified atom stereocenters. The van der Waals surface area contributed by atoms with Crippen molar-refractivity contribution < 1.29 is 19.0 Å². The minimum absolute atomic E-state index is 0.322. The predicted octanol–water partition coefficient (Wildman–Crippen LogP) is 3.61. The van der Waals surface area contributed by atoms with Crippen molar-refractivity contribution in [2.75, 3.05) is 21.3 Å². The topological polar surface area (TPSA) is 75.5 Å². The molecule has 28 heavy (non-hydrogen) atoms. The molecule has 0 radical (unpaired) electrons. The first-order chi connectivity index (χ1) is 13.6. The monoisotopic (exact) mass is 399 g/mol. The zero-order valence-corrected chi connectivity index (χ0v) is 16.9. The van der Waals surface area contributed by atoms with Crippen LogP contribution in [0, 0.1) is 0 Å². The number of rotatable bonds is 7. The third kappa shape index (κ3) is 4.12. The molecule has 1 heterocycles. The number of methoxy groups -OCH3 is 3.